The van der Waals surface area contributed by atoms with Gasteiger partial charge in [0.1, 0.15) is 11.9 Å². The number of aromatic nitrogens is 1. The van der Waals surface area contributed by atoms with Gasteiger partial charge in [-0.3, -0.25) is 0 Å². The number of nitrogens with zero attached hydrogens (tertiary/aromatic N) is 4. The number of aryl methyl sites for hydroxylation is 2. The first kappa shape index (κ1) is 25.3. The Morgan fingerprint density at radius 2 is 2.19 bits per heavy atom. The third kappa shape index (κ3) is 9.45. The molecule has 0 radical (unpaired) electrons. The predicted molar refractivity (Wildman–Crippen MR) is 124 cm³/mol. The number of hydrogen-bond acceptors (Lipinski definition) is 9. The van der Waals surface area contributed by atoms with Gasteiger partial charge in [-0.15, -0.1) is 0 Å². The fourth-order valence-corrected chi connectivity index (χ4v) is 3.45. The van der Waals surface area contributed by atoms with Crippen LogP contribution in [0.5, 0.6) is 0 Å². The largest absolute Gasteiger partial charge is 0.403 e. The Hall–Kier alpha value is -2.96. The highest BCUT2D eigenvalue weighted by Gasteiger charge is 2.11. The van der Waals surface area contributed by atoms with Crippen molar-refractivity contribution in [3.8, 4) is 6.07 Å². The van der Waals surface area contributed by atoms with Crippen molar-refractivity contribution in [1.29, 1.82) is 5.26 Å². The maximum absolute atomic E-state index is 11.8. The van der Waals surface area contributed by atoms with Crippen LogP contribution in [0.15, 0.2) is 29.1 Å². The fourth-order valence-electron chi connectivity index (χ4n) is 3.45. The number of pyridine rings is 1. The highest BCUT2D eigenvalue weighted by Crippen LogP contribution is 2.20. The van der Waals surface area contributed by atoms with Crippen LogP contribution in [0, 0.1) is 11.3 Å². The van der Waals surface area contributed by atoms with Crippen molar-refractivity contribution in [2.75, 3.05) is 45.2 Å². The van der Waals surface area contributed by atoms with Crippen LogP contribution in [0.4, 0.5) is 5.82 Å². The van der Waals surface area contributed by atoms with Crippen molar-refractivity contribution in [2.24, 2.45) is 10.9 Å². The van der Waals surface area contributed by atoms with Crippen molar-refractivity contribution in [2.45, 2.75) is 44.9 Å². The summed E-state index contributed by atoms with van der Waals surface area (Å²) >= 11 is 0. The summed E-state index contributed by atoms with van der Waals surface area (Å²) in [4.78, 5) is 23.6. The number of ether oxygens (including phenoxy) is 1. The summed E-state index contributed by atoms with van der Waals surface area (Å²) in [5.41, 5.74) is 7.80. The lowest BCUT2D eigenvalue weighted by Gasteiger charge is -2.21. The quantitative estimate of drug-likeness (QED) is 0.148. The van der Waals surface area contributed by atoms with E-state index in [1.165, 1.54) is 12.0 Å². The monoisotopic (exact) mass is 442 g/mol. The van der Waals surface area contributed by atoms with E-state index in [0.29, 0.717) is 13.0 Å². The number of hydrogen-bond donors (Lipinski definition) is 2. The molecule has 0 spiro atoms. The number of nitriles is 1. The van der Waals surface area contributed by atoms with Crippen LogP contribution in [0.3, 0.4) is 0 Å². The van der Waals surface area contributed by atoms with Gasteiger partial charge in [0.05, 0.1) is 18.4 Å². The molecule has 9 heteroatoms. The Balaban J connectivity index is 1.67. The van der Waals surface area contributed by atoms with Gasteiger partial charge in [0.2, 0.25) is 0 Å². The molecule has 0 aromatic carbocycles. The molecule has 1 aromatic rings. The molecule has 0 amide bonds. The average molecular weight is 443 g/mol. The maximum Gasteiger partial charge on any atom is 0.335 e. The Kier molecular flexibility index (Phi) is 11.8. The molecule has 2 heterocycles. The second-order valence-electron chi connectivity index (χ2n) is 7.67. The first-order valence-electron chi connectivity index (χ1n) is 11.2. The molecular formula is C23H34N6O3. The van der Waals surface area contributed by atoms with E-state index in [2.05, 4.69) is 27.5 Å². The predicted octanol–water partition coefficient (Wildman–Crippen LogP) is 2.39. The van der Waals surface area contributed by atoms with E-state index in [0.717, 1.165) is 75.8 Å². The van der Waals surface area contributed by atoms with E-state index in [-0.39, 0.29) is 12.0 Å². The second-order valence-corrected chi connectivity index (χ2v) is 7.67. The van der Waals surface area contributed by atoms with Gasteiger partial charge < -0.3 is 25.5 Å². The Labute approximate surface area is 190 Å². The first-order chi connectivity index (χ1) is 15.7. The lowest BCUT2D eigenvalue weighted by molar-refractivity contribution is -0.143. The van der Waals surface area contributed by atoms with Crippen molar-refractivity contribution < 1.29 is 14.4 Å². The molecule has 0 saturated carbocycles. The van der Waals surface area contributed by atoms with Crippen molar-refractivity contribution in [3.63, 3.8) is 0 Å². The molecule has 2 rings (SSSR count). The number of nitrogens with two attached hydrogens (primary N) is 1. The molecule has 0 atom stereocenters. The lowest BCUT2D eigenvalue weighted by Crippen LogP contribution is -2.30. The number of carbonyl (C=O) groups is 1. The minimum Gasteiger partial charge on any atom is -0.403 e. The molecule has 1 aromatic heterocycles. The summed E-state index contributed by atoms with van der Waals surface area (Å²) in [5.74, 6) is 0.615. The summed E-state index contributed by atoms with van der Waals surface area (Å²) in [6.07, 6.45) is 8.47. The first-order valence-corrected chi connectivity index (χ1v) is 11.2. The van der Waals surface area contributed by atoms with Crippen LogP contribution in [0.2, 0.25) is 0 Å². The standard InChI is InChI=1S/C23H34N6O3/c1-31-15-14-29(13-5-8-22(30)32-27-18-19(16-24)17-25)12-3-2-7-21-10-9-20-6-4-11-26-23(20)28-21/h9-10,16,18H,2-8,11-15,24H2,1H3,(H,26,28)/b19-16-,27-18+. The van der Waals surface area contributed by atoms with Crippen LogP contribution in [-0.2, 0) is 27.2 Å². The van der Waals surface area contributed by atoms with Gasteiger partial charge in [0.25, 0.3) is 0 Å². The van der Waals surface area contributed by atoms with E-state index >= 15 is 0 Å². The van der Waals surface area contributed by atoms with Gasteiger partial charge in [0, 0.05) is 38.5 Å². The van der Waals surface area contributed by atoms with Gasteiger partial charge in [-0.1, -0.05) is 11.2 Å². The number of unbranched alkanes of at least 4 members (excludes halogenated alkanes) is 1. The molecule has 0 saturated heterocycles. The smallest absolute Gasteiger partial charge is 0.335 e. The van der Waals surface area contributed by atoms with E-state index in [1.807, 2.05) is 6.07 Å². The molecule has 0 bridgehead atoms. The Morgan fingerprint density at radius 1 is 1.34 bits per heavy atom. The van der Waals surface area contributed by atoms with E-state index in [4.69, 9.17) is 25.6 Å². The molecule has 1 aliphatic rings. The van der Waals surface area contributed by atoms with Gasteiger partial charge in [-0.25, -0.2) is 9.78 Å². The molecule has 0 fully saturated rings. The van der Waals surface area contributed by atoms with Gasteiger partial charge in [-0.2, -0.15) is 5.26 Å². The summed E-state index contributed by atoms with van der Waals surface area (Å²) < 4.78 is 5.21. The molecule has 9 nitrogen and oxygen atoms in total. The zero-order chi connectivity index (χ0) is 23.0. The minimum absolute atomic E-state index is 0.130. The van der Waals surface area contributed by atoms with Crippen LogP contribution in [-0.4, -0.2) is 62.0 Å². The number of fused-ring (bicyclic) bond motifs is 1. The maximum atomic E-state index is 11.8. The SMILES string of the molecule is COCCN(CCCCc1ccc2c(n1)NCCC2)CCCC(=O)O/N=C/C(C#N)=C\N. The van der Waals surface area contributed by atoms with Crippen LogP contribution >= 0.6 is 0 Å². The number of anilines is 1. The van der Waals surface area contributed by atoms with E-state index in [1.54, 1.807) is 7.11 Å². The van der Waals surface area contributed by atoms with Gasteiger partial charge in [-0.05, 0) is 63.2 Å². The zero-order valence-electron chi connectivity index (χ0n) is 18.9. The third-order valence-electron chi connectivity index (χ3n) is 5.23. The molecule has 32 heavy (non-hydrogen) atoms. The number of nitrogens with one attached hydrogen (secondary N) is 1. The van der Waals surface area contributed by atoms with Crippen LogP contribution < -0.4 is 11.1 Å². The van der Waals surface area contributed by atoms with E-state index < -0.39 is 5.97 Å². The van der Waals surface area contributed by atoms with Crippen molar-refractivity contribution in [3.05, 3.63) is 35.2 Å². The highest BCUT2D eigenvalue weighted by atomic mass is 16.7. The molecule has 3 N–H and O–H groups in total. The normalized spacial score (nSPS) is 13.6. The number of carbonyl (C=O) groups excluding carboxylic acids is 1. The molecular weight excluding hydrogens is 408 g/mol. The topological polar surface area (TPSA) is 126 Å². The summed E-state index contributed by atoms with van der Waals surface area (Å²) in [7, 11) is 1.69. The van der Waals surface area contributed by atoms with Crippen LogP contribution in [0.25, 0.3) is 0 Å². The summed E-state index contributed by atoms with van der Waals surface area (Å²) in [6.45, 7) is 4.18. The number of oxime groups is 1. The highest BCUT2D eigenvalue weighted by molar-refractivity contribution is 5.83. The second kappa shape index (κ2) is 14.9. The minimum atomic E-state index is -0.436. The zero-order valence-corrected chi connectivity index (χ0v) is 18.9. The number of rotatable bonds is 14. The number of methoxy groups -OCH3 is 1. The van der Waals surface area contributed by atoms with Crippen molar-refractivity contribution in [1.82, 2.24) is 9.88 Å². The Morgan fingerprint density at radius 3 is 2.97 bits per heavy atom. The lowest BCUT2D eigenvalue weighted by atomic mass is 10.1. The fraction of sp³-hybridized carbons (Fsp3) is 0.565. The summed E-state index contributed by atoms with van der Waals surface area (Å²) in [5, 5.41) is 15.6. The summed E-state index contributed by atoms with van der Waals surface area (Å²) in [6, 6.07) is 6.17. The molecule has 174 valence electrons. The molecule has 0 aliphatic carbocycles. The van der Waals surface area contributed by atoms with Crippen molar-refractivity contribution >= 4 is 18.0 Å². The Bertz CT molecular complexity index is 818. The van der Waals surface area contributed by atoms with Gasteiger partial charge in [0.15, 0.2) is 0 Å². The van der Waals surface area contributed by atoms with E-state index in [9.17, 15) is 4.79 Å². The molecule has 1 aliphatic heterocycles. The third-order valence-corrected chi connectivity index (χ3v) is 5.23. The van der Waals surface area contributed by atoms with Crippen LogP contribution in [0.1, 0.15) is 43.4 Å². The number of allylic oxidation sites excluding steroid dienone is 1. The molecule has 0 unspecified atom stereocenters. The van der Waals surface area contributed by atoms with Gasteiger partial charge >= 0.3 is 5.97 Å². The average Bonchev–Trinajstić information content (AvgIpc) is 2.82.